The molecule has 5 aromatic carbocycles. The van der Waals surface area contributed by atoms with Crippen LogP contribution < -0.4 is 44.8 Å². The van der Waals surface area contributed by atoms with E-state index in [1.165, 1.54) is 32.4 Å². The van der Waals surface area contributed by atoms with E-state index >= 15 is 0 Å². The van der Waals surface area contributed by atoms with Crippen LogP contribution in [-0.4, -0.2) is 156 Å². The molecule has 83 heavy (non-hydrogen) atoms. The third-order valence-electron chi connectivity index (χ3n) is 14.3. The van der Waals surface area contributed by atoms with E-state index in [1.807, 2.05) is 36.5 Å². The van der Waals surface area contributed by atoms with Crippen LogP contribution in [0.2, 0.25) is 0 Å². The van der Waals surface area contributed by atoms with E-state index in [4.69, 9.17) is 53.6 Å². The average Bonchev–Trinajstić information content (AvgIpc) is 3.72. The highest BCUT2D eigenvalue weighted by Gasteiger charge is 2.48. The number of aliphatic hydroxyl groups excluding tert-OH is 3. The van der Waals surface area contributed by atoms with Gasteiger partial charge in [-0.15, -0.1) is 0 Å². The van der Waals surface area contributed by atoms with E-state index in [-0.39, 0.29) is 62.1 Å². The van der Waals surface area contributed by atoms with E-state index < -0.39 is 54.7 Å². The van der Waals surface area contributed by atoms with Gasteiger partial charge in [0.25, 0.3) is 11.8 Å². The fourth-order valence-corrected chi connectivity index (χ4v) is 9.96. The van der Waals surface area contributed by atoms with Crippen molar-refractivity contribution in [3.05, 3.63) is 131 Å². The van der Waals surface area contributed by atoms with Gasteiger partial charge < -0.3 is 79.2 Å². The second kappa shape index (κ2) is 24.8. The molecule has 0 aromatic heterocycles. The van der Waals surface area contributed by atoms with Crippen LogP contribution in [0.4, 0.5) is 27.5 Å². The number of anilines is 2. The Morgan fingerprint density at radius 3 is 1.88 bits per heavy atom. The zero-order valence-corrected chi connectivity index (χ0v) is 45.1. The summed E-state index contributed by atoms with van der Waals surface area (Å²) >= 11 is 0. The van der Waals surface area contributed by atoms with E-state index in [2.05, 4.69) is 10.6 Å². The standard InChI is InChI=1S/C59H59N7O17/c1-76-39-11-9-32(10-12-39)34-20-37-26-61-42-24-48(46(77-2)22-40(42)55(71)65(37)28-34)79-16-5-17-80-49-25-43-41(23-47(49)78-3)56(72)66-29-35(21-38(66)27-62-43)33-6-4-7-36(19-33)63-59(75)81-30-31-8-13-45(44(18-31)64-50(67)14-15-60)82-58-53(70)51(68)52(69)54(83-58)57(73)74/h4,6-13,18-19,22-29,37-38,51-54,58,68-70H,5,14-17,20-21,30,60H2,1-3H3,(H,63,75)(H,64,67)(H,73,74)/t37-,38-,51-,52-,53+,54-,58+/m0/s1. The summed E-state index contributed by atoms with van der Waals surface area (Å²) in [5.74, 6) is -0.468. The van der Waals surface area contributed by atoms with Crippen LogP contribution in [0.1, 0.15) is 63.1 Å². The van der Waals surface area contributed by atoms with Gasteiger partial charge in [0.2, 0.25) is 12.2 Å². The number of aliphatic hydroxyl groups is 3. The number of nitrogens with zero attached hydrogens (tertiary/aromatic N) is 4. The number of amides is 4. The van der Waals surface area contributed by atoms with Crippen LogP contribution in [0.15, 0.2) is 113 Å². The maximum absolute atomic E-state index is 14.2. The van der Waals surface area contributed by atoms with Gasteiger partial charge in [0.05, 0.1) is 74.8 Å². The van der Waals surface area contributed by atoms with Gasteiger partial charge in [-0.3, -0.25) is 29.7 Å². The predicted molar refractivity (Wildman–Crippen MR) is 300 cm³/mol. The smallest absolute Gasteiger partial charge is 0.411 e. The summed E-state index contributed by atoms with van der Waals surface area (Å²) in [5, 5.41) is 45.6. The minimum Gasteiger partial charge on any atom is -0.497 e. The molecule has 5 aliphatic rings. The lowest BCUT2D eigenvalue weighted by Gasteiger charge is -2.38. The van der Waals surface area contributed by atoms with Gasteiger partial charge in [-0.05, 0) is 76.4 Å². The predicted octanol–water partition coefficient (Wildman–Crippen LogP) is 5.81. The van der Waals surface area contributed by atoms with Crippen molar-refractivity contribution in [2.75, 3.05) is 51.7 Å². The highest BCUT2D eigenvalue weighted by atomic mass is 16.7. The van der Waals surface area contributed by atoms with E-state index in [0.717, 1.165) is 28.0 Å². The first kappa shape index (κ1) is 56.9. The summed E-state index contributed by atoms with van der Waals surface area (Å²) in [6.45, 7) is 0.172. The molecule has 0 aliphatic carbocycles. The lowest BCUT2D eigenvalue weighted by atomic mass is 9.99. The fourth-order valence-electron chi connectivity index (χ4n) is 9.96. The number of nitrogens with one attached hydrogen (secondary N) is 2. The molecule has 24 heteroatoms. The number of carbonyl (C=O) groups excluding carboxylic acids is 4. The van der Waals surface area contributed by atoms with Gasteiger partial charge in [-0.25, -0.2) is 9.59 Å². The van der Waals surface area contributed by atoms with Crippen LogP contribution in [0, 0.1) is 0 Å². The van der Waals surface area contributed by atoms with Crippen molar-refractivity contribution in [2.45, 2.75) is 75.1 Å². The maximum atomic E-state index is 14.2. The normalized spacial score (nSPS) is 21.2. The number of aliphatic imine (C=N–C) groups is 2. The zero-order valence-electron chi connectivity index (χ0n) is 45.1. The summed E-state index contributed by atoms with van der Waals surface area (Å²) in [4.78, 5) is 78.1. The zero-order chi connectivity index (χ0) is 58.5. The van der Waals surface area contributed by atoms with Gasteiger partial charge in [-0.2, -0.15) is 0 Å². The Morgan fingerprint density at radius 2 is 1.30 bits per heavy atom. The van der Waals surface area contributed by atoms with Crippen molar-refractivity contribution in [3.8, 4) is 34.5 Å². The second-order valence-electron chi connectivity index (χ2n) is 19.7. The molecule has 0 saturated carbocycles. The van der Waals surface area contributed by atoms with Gasteiger partial charge in [0.15, 0.2) is 29.1 Å². The Labute approximate surface area is 474 Å². The van der Waals surface area contributed by atoms with Crippen molar-refractivity contribution < 1.29 is 82.3 Å². The molecule has 0 unspecified atom stereocenters. The Balaban J connectivity index is 0.733. The monoisotopic (exact) mass is 1140 g/mol. The van der Waals surface area contributed by atoms with Crippen molar-refractivity contribution >= 4 is 76.1 Å². The van der Waals surface area contributed by atoms with Gasteiger partial charge in [-0.1, -0.05) is 30.3 Å². The first-order chi connectivity index (χ1) is 40.1. The molecule has 1 saturated heterocycles. The van der Waals surface area contributed by atoms with Crippen LogP contribution >= 0.6 is 0 Å². The minimum absolute atomic E-state index is 0.0136. The van der Waals surface area contributed by atoms with Crippen LogP contribution in [0.25, 0.3) is 11.1 Å². The number of benzene rings is 5. The summed E-state index contributed by atoms with van der Waals surface area (Å²) in [6.07, 6.45) is -1.76. The second-order valence-corrected chi connectivity index (χ2v) is 19.7. The molecule has 5 aliphatic heterocycles. The average molecular weight is 1140 g/mol. The van der Waals surface area contributed by atoms with Gasteiger partial charge >= 0.3 is 12.1 Å². The van der Waals surface area contributed by atoms with Crippen LogP contribution in [0.3, 0.4) is 0 Å². The van der Waals surface area contributed by atoms with Crippen molar-refractivity contribution in [2.24, 2.45) is 15.7 Å². The third kappa shape index (κ3) is 12.3. The van der Waals surface area contributed by atoms with Gasteiger partial charge in [0, 0.05) is 74.9 Å². The number of ether oxygens (including phenoxy) is 8. The quantitative estimate of drug-likeness (QED) is 0.0452. The summed E-state index contributed by atoms with van der Waals surface area (Å²) in [5.41, 5.74) is 11.4. The minimum atomic E-state index is -1.94. The molecular weight excluding hydrogens is 1080 g/mol. The summed E-state index contributed by atoms with van der Waals surface area (Å²) < 4.78 is 45.4. The van der Waals surface area contributed by atoms with Crippen LogP contribution in [0.5, 0.6) is 34.5 Å². The lowest BCUT2D eigenvalue weighted by Crippen LogP contribution is -2.61. The molecular formula is C59H59N7O17. The maximum Gasteiger partial charge on any atom is 0.411 e. The number of carbonyl (C=O) groups is 5. The van der Waals surface area contributed by atoms with Crippen LogP contribution in [-0.2, 0) is 25.7 Å². The van der Waals surface area contributed by atoms with Crippen molar-refractivity contribution in [1.82, 2.24) is 9.80 Å². The molecule has 5 aromatic rings. The molecule has 432 valence electrons. The first-order valence-corrected chi connectivity index (χ1v) is 26.4. The number of methoxy groups -OCH3 is 3. The number of rotatable bonds is 20. The molecule has 4 amide bonds. The highest BCUT2D eigenvalue weighted by Crippen LogP contribution is 2.43. The summed E-state index contributed by atoms with van der Waals surface area (Å²) in [7, 11) is 4.61. The Bertz CT molecular complexity index is 3460. The molecule has 1 fully saturated rings. The molecule has 0 radical (unpaired) electrons. The highest BCUT2D eigenvalue weighted by molar-refractivity contribution is 6.07. The molecule has 7 atom stereocenters. The lowest BCUT2D eigenvalue weighted by molar-refractivity contribution is -0.271. The molecule has 0 spiro atoms. The number of carboxylic acid groups (broad SMARTS) is 1. The Morgan fingerprint density at radius 1 is 0.687 bits per heavy atom. The number of fused-ring (bicyclic) bond motifs is 4. The molecule has 8 N–H and O–H groups in total. The molecule has 0 bridgehead atoms. The number of carboxylic acids is 1. The molecule has 24 nitrogen and oxygen atoms in total. The Hall–Kier alpha value is -9.33. The van der Waals surface area contributed by atoms with E-state index in [1.54, 1.807) is 78.0 Å². The number of nitrogens with two attached hydrogens (primary N) is 1. The number of hydrogen-bond donors (Lipinski definition) is 7. The fraction of sp³-hybridized carbons (Fsp3) is 0.305. The number of hydrogen-bond acceptors (Lipinski definition) is 19. The van der Waals surface area contributed by atoms with E-state index in [0.29, 0.717) is 76.0 Å². The van der Waals surface area contributed by atoms with E-state index in [9.17, 15) is 44.4 Å². The van der Waals surface area contributed by atoms with Gasteiger partial charge in [0.1, 0.15) is 36.4 Å². The number of aliphatic carboxylic acids is 1. The van der Waals surface area contributed by atoms with Crippen molar-refractivity contribution in [3.63, 3.8) is 0 Å². The first-order valence-electron chi connectivity index (χ1n) is 26.4. The molecule has 5 heterocycles. The topological polar surface area (TPSA) is 321 Å². The largest absolute Gasteiger partial charge is 0.497 e. The summed E-state index contributed by atoms with van der Waals surface area (Å²) in [6, 6.07) is 24.9. The van der Waals surface area contributed by atoms with Crippen molar-refractivity contribution in [1.29, 1.82) is 0 Å². The third-order valence-corrected chi connectivity index (χ3v) is 14.3. The SMILES string of the molecule is COc1ccc(C2=CN3C(=O)c4cc(OC)c(OCCCOc5cc6c(cc5OC)C(=O)N5C=C(c7cccc(NC(=O)OCc8ccc(O[C@@H]9O[C@H](C(=O)O)[C@@H](O)[C@H](O)[C@H]9O)c(NC(=O)CCN)c8)c7)C[C@H]5C=N6)cc4N=C[C@@H]3C2)cc1. The Kier molecular flexibility index (Phi) is 17.0. The molecule has 10 rings (SSSR count).